The van der Waals surface area contributed by atoms with Gasteiger partial charge in [0, 0.05) is 23.0 Å². The van der Waals surface area contributed by atoms with Gasteiger partial charge in [0.1, 0.15) is 5.75 Å². The standard InChI is InChI=1S/C26H30N2O/c1-4-28-26(23-15-17-24(29-3)18-16-23)25(8-6-5-7-20-9-10-20)22-13-11-21(12-14-22)19(2)27/h4,6,8,11-18,20H,2,5,7,9-10,27H2,1,3H3/b8-6+,26-25+,28-4-. The molecule has 0 spiro atoms. The summed E-state index contributed by atoms with van der Waals surface area (Å²) in [5.74, 6) is 1.76. The zero-order valence-corrected chi connectivity index (χ0v) is 17.4. The van der Waals surface area contributed by atoms with Gasteiger partial charge in [-0.3, -0.25) is 4.99 Å². The summed E-state index contributed by atoms with van der Waals surface area (Å²) in [4.78, 5) is 4.73. The molecule has 3 rings (SSSR count). The van der Waals surface area contributed by atoms with Crippen LogP contribution in [-0.2, 0) is 0 Å². The van der Waals surface area contributed by atoms with Crippen molar-refractivity contribution in [2.24, 2.45) is 16.6 Å². The third-order valence-electron chi connectivity index (χ3n) is 5.17. The van der Waals surface area contributed by atoms with Crippen molar-refractivity contribution >= 4 is 23.2 Å². The first-order chi connectivity index (χ1) is 14.1. The van der Waals surface area contributed by atoms with E-state index >= 15 is 0 Å². The fourth-order valence-electron chi connectivity index (χ4n) is 3.29. The van der Waals surface area contributed by atoms with E-state index in [1.807, 2.05) is 37.4 Å². The van der Waals surface area contributed by atoms with Crippen LogP contribution in [0.25, 0.3) is 17.0 Å². The number of hydrogen-bond donors (Lipinski definition) is 1. The molecular formula is C26H30N2O. The number of aliphatic imine (C=N–C) groups is 1. The minimum absolute atomic E-state index is 0.573. The fourth-order valence-corrected chi connectivity index (χ4v) is 3.29. The highest BCUT2D eigenvalue weighted by Gasteiger charge is 2.19. The Bertz CT molecular complexity index is 914. The van der Waals surface area contributed by atoms with E-state index in [4.69, 9.17) is 15.5 Å². The van der Waals surface area contributed by atoms with Crippen LogP contribution in [0.5, 0.6) is 5.75 Å². The molecule has 0 atom stereocenters. The van der Waals surface area contributed by atoms with Gasteiger partial charge in [-0.2, -0.15) is 0 Å². The Balaban J connectivity index is 2.03. The summed E-state index contributed by atoms with van der Waals surface area (Å²) in [6, 6.07) is 16.2. The van der Waals surface area contributed by atoms with Gasteiger partial charge in [0.25, 0.3) is 0 Å². The second kappa shape index (κ2) is 9.92. The molecule has 2 aromatic rings. The van der Waals surface area contributed by atoms with Crippen LogP contribution in [0.1, 0.15) is 49.3 Å². The summed E-state index contributed by atoms with van der Waals surface area (Å²) in [5.41, 5.74) is 11.6. The monoisotopic (exact) mass is 386 g/mol. The Labute approximate surface area is 174 Å². The fraction of sp³-hybridized carbons (Fsp3) is 0.269. The third-order valence-corrected chi connectivity index (χ3v) is 5.17. The molecule has 1 fully saturated rings. The number of ether oxygens (including phenoxy) is 1. The molecule has 0 radical (unpaired) electrons. The number of rotatable bonds is 9. The van der Waals surface area contributed by atoms with E-state index in [1.165, 1.54) is 19.3 Å². The van der Waals surface area contributed by atoms with E-state index in [2.05, 4.69) is 43.0 Å². The maximum atomic E-state index is 5.84. The molecule has 2 aromatic carbocycles. The molecule has 2 N–H and O–H groups in total. The Hall–Kier alpha value is -3.07. The molecule has 0 bridgehead atoms. The maximum absolute atomic E-state index is 5.84. The predicted molar refractivity (Wildman–Crippen MR) is 125 cm³/mol. The SMILES string of the molecule is C=C(N)c1ccc(C(/C=C/CCC2CC2)=C(/N=C\C)c2ccc(OC)cc2)cc1. The van der Waals surface area contributed by atoms with Crippen molar-refractivity contribution in [3.8, 4) is 5.75 Å². The first kappa shape index (κ1) is 20.7. The first-order valence-corrected chi connectivity index (χ1v) is 10.2. The highest BCUT2D eigenvalue weighted by Crippen LogP contribution is 2.34. The minimum Gasteiger partial charge on any atom is -0.497 e. The molecule has 0 saturated heterocycles. The Morgan fingerprint density at radius 1 is 1.07 bits per heavy atom. The van der Waals surface area contributed by atoms with E-state index in [0.717, 1.165) is 46.0 Å². The highest BCUT2D eigenvalue weighted by molar-refractivity contribution is 5.97. The van der Waals surface area contributed by atoms with E-state index in [-0.39, 0.29) is 0 Å². The van der Waals surface area contributed by atoms with Gasteiger partial charge < -0.3 is 10.5 Å². The molecule has 1 aliphatic rings. The van der Waals surface area contributed by atoms with Crippen molar-refractivity contribution in [1.29, 1.82) is 0 Å². The second-order valence-electron chi connectivity index (χ2n) is 7.40. The maximum Gasteiger partial charge on any atom is 0.118 e. The van der Waals surface area contributed by atoms with Crippen LogP contribution in [0.2, 0.25) is 0 Å². The van der Waals surface area contributed by atoms with Gasteiger partial charge in [0.05, 0.1) is 12.8 Å². The lowest BCUT2D eigenvalue weighted by atomic mass is 9.97. The number of nitrogens with zero attached hydrogens (tertiary/aromatic N) is 1. The number of allylic oxidation sites excluding steroid dienone is 3. The molecule has 0 amide bonds. The van der Waals surface area contributed by atoms with Crippen LogP contribution in [0, 0.1) is 5.92 Å². The Kier molecular flexibility index (Phi) is 7.07. The summed E-state index contributed by atoms with van der Waals surface area (Å²) in [6.07, 6.45) is 11.5. The van der Waals surface area contributed by atoms with E-state index in [9.17, 15) is 0 Å². The zero-order valence-electron chi connectivity index (χ0n) is 17.4. The van der Waals surface area contributed by atoms with Crippen LogP contribution < -0.4 is 10.5 Å². The molecule has 0 aromatic heterocycles. The average Bonchev–Trinajstić information content (AvgIpc) is 3.57. The van der Waals surface area contributed by atoms with Crippen molar-refractivity contribution in [2.75, 3.05) is 7.11 Å². The van der Waals surface area contributed by atoms with Crippen LogP contribution in [-0.4, -0.2) is 13.3 Å². The summed E-state index contributed by atoms with van der Waals surface area (Å²) >= 11 is 0. The van der Waals surface area contributed by atoms with Gasteiger partial charge in [-0.05, 0) is 61.1 Å². The summed E-state index contributed by atoms with van der Waals surface area (Å²) < 4.78 is 5.31. The topological polar surface area (TPSA) is 47.6 Å². The zero-order chi connectivity index (χ0) is 20.6. The molecule has 0 heterocycles. The van der Waals surface area contributed by atoms with E-state index in [0.29, 0.717) is 5.70 Å². The number of methoxy groups -OCH3 is 1. The molecule has 1 aliphatic carbocycles. The lowest BCUT2D eigenvalue weighted by Crippen LogP contribution is -1.95. The van der Waals surface area contributed by atoms with Gasteiger partial charge >= 0.3 is 0 Å². The number of nitrogens with two attached hydrogens (primary N) is 1. The molecule has 3 heteroatoms. The van der Waals surface area contributed by atoms with E-state index < -0.39 is 0 Å². The Morgan fingerprint density at radius 3 is 2.24 bits per heavy atom. The molecule has 0 aliphatic heterocycles. The van der Waals surface area contributed by atoms with Gasteiger partial charge in [0.15, 0.2) is 0 Å². The molecule has 3 nitrogen and oxygen atoms in total. The lowest BCUT2D eigenvalue weighted by Gasteiger charge is -2.12. The van der Waals surface area contributed by atoms with Gasteiger partial charge in [-0.1, -0.05) is 55.8 Å². The minimum atomic E-state index is 0.573. The largest absolute Gasteiger partial charge is 0.497 e. The van der Waals surface area contributed by atoms with Crippen molar-refractivity contribution in [1.82, 2.24) is 0 Å². The smallest absolute Gasteiger partial charge is 0.118 e. The lowest BCUT2D eigenvalue weighted by molar-refractivity contribution is 0.415. The quantitative estimate of drug-likeness (QED) is 0.311. The summed E-state index contributed by atoms with van der Waals surface area (Å²) in [5, 5.41) is 0. The van der Waals surface area contributed by atoms with Crippen LogP contribution in [0.4, 0.5) is 0 Å². The van der Waals surface area contributed by atoms with Crippen LogP contribution >= 0.6 is 0 Å². The van der Waals surface area contributed by atoms with Crippen molar-refractivity contribution in [3.63, 3.8) is 0 Å². The highest BCUT2D eigenvalue weighted by atomic mass is 16.5. The third kappa shape index (κ3) is 5.71. The number of benzene rings is 2. The molecular weight excluding hydrogens is 356 g/mol. The van der Waals surface area contributed by atoms with Gasteiger partial charge in [-0.15, -0.1) is 0 Å². The predicted octanol–water partition coefficient (Wildman–Crippen LogP) is 6.33. The average molecular weight is 387 g/mol. The van der Waals surface area contributed by atoms with Crippen molar-refractivity contribution in [3.05, 3.63) is 84.0 Å². The van der Waals surface area contributed by atoms with Crippen molar-refractivity contribution < 1.29 is 4.74 Å². The van der Waals surface area contributed by atoms with Crippen LogP contribution in [0.3, 0.4) is 0 Å². The van der Waals surface area contributed by atoms with Gasteiger partial charge in [-0.25, -0.2) is 0 Å². The van der Waals surface area contributed by atoms with Gasteiger partial charge in [0.2, 0.25) is 0 Å². The summed E-state index contributed by atoms with van der Waals surface area (Å²) in [7, 11) is 1.68. The Morgan fingerprint density at radius 2 is 1.69 bits per heavy atom. The van der Waals surface area contributed by atoms with E-state index in [1.54, 1.807) is 7.11 Å². The van der Waals surface area contributed by atoms with Crippen molar-refractivity contribution in [2.45, 2.75) is 32.6 Å². The summed E-state index contributed by atoms with van der Waals surface area (Å²) in [6.45, 7) is 5.77. The molecule has 1 saturated carbocycles. The van der Waals surface area contributed by atoms with Crippen LogP contribution in [0.15, 0.2) is 72.3 Å². The molecule has 0 unspecified atom stereocenters. The normalized spacial score (nSPS) is 15.0. The molecule has 29 heavy (non-hydrogen) atoms. The molecule has 150 valence electrons. The second-order valence-corrected chi connectivity index (χ2v) is 7.40. The number of hydrogen-bond acceptors (Lipinski definition) is 3. The first-order valence-electron chi connectivity index (χ1n) is 10.2.